The van der Waals surface area contributed by atoms with E-state index in [0.717, 1.165) is 5.57 Å². The van der Waals surface area contributed by atoms with E-state index < -0.39 is 5.82 Å². The molecule has 0 spiro atoms. The molecule has 2 rings (SSSR count). The van der Waals surface area contributed by atoms with Gasteiger partial charge in [0.05, 0.1) is 22.5 Å². The molecule has 0 bridgehead atoms. The SMILES string of the molecule is CC/C(C)=C(\c1nonc1NCCO)N(C=O)c1ccc(F)c(Br)c1. The van der Waals surface area contributed by atoms with Gasteiger partial charge in [0.25, 0.3) is 0 Å². The average molecular weight is 413 g/mol. The molecular weight excluding hydrogens is 395 g/mol. The molecule has 0 saturated heterocycles. The minimum absolute atomic E-state index is 0.0968. The number of aromatic nitrogens is 2. The van der Waals surface area contributed by atoms with E-state index in [1.165, 1.54) is 23.1 Å². The van der Waals surface area contributed by atoms with Gasteiger partial charge in [-0.3, -0.25) is 9.69 Å². The van der Waals surface area contributed by atoms with Gasteiger partial charge in [0.2, 0.25) is 12.2 Å². The van der Waals surface area contributed by atoms with Crippen LogP contribution in [0.5, 0.6) is 0 Å². The Hall–Kier alpha value is -2.26. The number of hydrogen-bond acceptors (Lipinski definition) is 6. The molecule has 1 heterocycles. The normalized spacial score (nSPS) is 11.9. The van der Waals surface area contributed by atoms with E-state index in [-0.39, 0.29) is 17.6 Å². The largest absolute Gasteiger partial charge is 0.395 e. The van der Waals surface area contributed by atoms with Crippen molar-refractivity contribution in [3.63, 3.8) is 0 Å². The number of carbonyl (C=O) groups excluding carboxylic acids is 1. The van der Waals surface area contributed by atoms with E-state index in [0.29, 0.717) is 35.7 Å². The van der Waals surface area contributed by atoms with Crippen LogP contribution in [0.15, 0.2) is 32.9 Å². The molecule has 25 heavy (non-hydrogen) atoms. The van der Waals surface area contributed by atoms with Crippen molar-refractivity contribution >= 4 is 39.5 Å². The molecule has 1 aromatic heterocycles. The quantitative estimate of drug-likeness (QED) is 0.646. The van der Waals surface area contributed by atoms with Gasteiger partial charge >= 0.3 is 0 Å². The highest BCUT2D eigenvalue weighted by Crippen LogP contribution is 2.33. The Morgan fingerprint density at radius 2 is 2.24 bits per heavy atom. The van der Waals surface area contributed by atoms with Crippen LogP contribution in [0.3, 0.4) is 0 Å². The van der Waals surface area contributed by atoms with Gasteiger partial charge in [-0.15, -0.1) is 0 Å². The Kier molecular flexibility index (Phi) is 6.65. The molecule has 0 unspecified atom stereocenters. The third-order valence-corrected chi connectivity index (χ3v) is 4.19. The molecule has 2 N–H and O–H groups in total. The molecule has 7 nitrogen and oxygen atoms in total. The summed E-state index contributed by atoms with van der Waals surface area (Å²) in [6.45, 7) is 3.95. The van der Waals surface area contributed by atoms with Crippen molar-refractivity contribution in [3.05, 3.63) is 39.8 Å². The van der Waals surface area contributed by atoms with Crippen molar-refractivity contribution in [3.8, 4) is 0 Å². The van der Waals surface area contributed by atoms with Gasteiger partial charge < -0.3 is 10.4 Å². The molecule has 0 aliphatic rings. The van der Waals surface area contributed by atoms with Gasteiger partial charge in [-0.1, -0.05) is 6.92 Å². The highest BCUT2D eigenvalue weighted by molar-refractivity contribution is 9.10. The molecule has 134 valence electrons. The number of anilines is 2. The van der Waals surface area contributed by atoms with Crippen LogP contribution in [0.2, 0.25) is 0 Å². The van der Waals surface area contributed by atoms with E-state index in [9.17, 15) is 9.18 Å². The zero-order valence-electron chi connectivity index (χ0n) is 13.8. The second-order valence-electron chi connectivity index (χ2n) is 5.17. The summed E-state index contributed by atoms with van der Waals surface area (Å²) < 4.78 is 18.6. The van der Waals surface area contributed by atoms with Gasteiger partial charge in [0, 0.05) is 6.54 Å². The topological polar surface area (TPSA) is 91.5 Å². The fourth-order valence-corrected chi connectivity index (χ4v) is 2.57. The van der Waals surface area contributed by atoms with Gasteiger partial charge in [-0.05, 0) is 63.4 Å². The minimum atomic E-state index is -0.430. The lowest BCUT2D eigenvalue weighted by Gasteiger charge is -2.22. The average Bonchev–Trinajstić information content (AvgIpc) is 3.07. The molecule has 0 saturated carbocycles. The summed E-state index contributed by atoms with van der Waals surface area (Å²) in [5.41, 5.74) is 2.13. The maximum Gasteiger partial charge on any atom is 0.218 e. The number of benzene rings is 1. The van der Waals surface area contributed by atoms with Crippen molar-refractivity contribution < 1.29 is 18.9 Å². The first kappa shape index (κ1) is 19.1. The molecule has 0 aliphatic carbocycles. The second-order valence-corrected chi connectivity index (χ2v) is 6.02. The van der Waals surface area contributed by atoms with Crippen molar-refractivity contribution in [1.82, 2.24) is 10.3 Å². The molecule has 9 heteroatoms. The molecule has 0 aliphatic heterocycles. The van der Waals surface area contributed by atoms with E-state index in [4.69, 9.17) is 9.74 Å². The Bertz CT molecular complexity index is 778. The number of rotatable bonds is 8. The van der Waals surface area contributed by atoms with Crippen LogP contribution in [-0.2, 0) is 4.79 Å². The number of nitrogens with one attached hydrogen (secondary N) is 1. The third kappa shape index (κ3) is 4.23. The van der Waals surface area contributed by atoms with E-state index >= 15 is 0 Å². The molecule has 0 fully saturated rings. The van der Waals surface area contributed by atoms with E-state index in [2.05, 4.69) is 31.6 Å². The fourth-order valence-electron chi connectivity index (χ4n) is 2.20. The summed E-state index contributed by atoms with van der Waals surface area (Å²) in [5, 5.41) is 19.5. The zero-order chi connectivity index (χ0) is 18.4. The Balaban J connectivity index is 2.55. The summed E-state index contributed by atoms with van der Waals surface area (Å²) in [4.78, 5) is 13.2. The number of allylic oxidation sites excluding steroid dienone is 1. The fraction of sp³-hybridized carbons (Fsp3) is 0.312. The second kappa shape index (κ2) is 8.72. The lowest BCUT2D eigenvalue weighted by molar-refractivity contribution is -0.106. The standard InChI is InChI=1S/C16H18BrFN4O3/c1-3-10(2)15(14-16(19-6-7-23)21-25-20-14)22(9-24)11-4-5-13(18)12(17)8-11/h4-5,8-9,23H,3,6-7H2,1-2H3,(H,19,21)/b15-10+. The molecule has 0 atom stereocenters. The van der Waals surface area contributed by atoms with Gasteiger partial charge in [-0.25, -0.2) is 9.02 Å². The van der Waals surface area contributed by atoms with Crippen molar-refractivity contribution in [2.24, 2.45) is 0 Å². The number of halogens is 2. The lowest BCUT2D eigenvalue weighted by Crippen LogP contribution is -2.22. The van der Waals surface area contributed by atoms with Crippen LogP contribution in [-0.4, -0.2) is 35.0 Å². The number of carbonyl (C=O) groups is 1. The van der Waals surface area contributed by atoms with Crippen LogP contribution in [0.1, 0.15) is 26.0 Å². The van der Waals surface area contributed by atoms with E-state index in [1.54, 1.807) is 0 Å². The molecule has 1 aromatic carbocycles. The van der Waals surface area contributed by atoms with Crippen LogP contribution < -0.4 is 10.2 Å². The third-order valence-electron chi connectivity index (χ3n) is 3.58. The maximum atomic E-state index is 13.5. The monoisotopic (exact) mass is 412 g/mol. The zero-order valence-corrected chi connectivity index (χ0v) is 15.4. The van der Waals surface area contributed by atoms with Crippen LogP contribution in [0.25, 0.3) is 5.70 Å². The predicted octanol–water partition coefficient (Wildman–Crippen LogP) is 3.18. The van der Waals surface area contributed by atoms with Crippen molar-refractivity contribution in [2.75, 3.05) is 23.4 Å². The van der Waals surface area contributed by atoms with Gasteiger partial charge in [0.1, 0.15) is 5.82 Å². The van der Waals surface area contributed by atoms with Crippen LogP contribution in [0.4, 0.5) is 15.9 Å². The summed E-state index contributed by atoms with van der Waals surface area (Å²) in [7, 11) is 0. The highest BCUT2D eigenvalue weighted by atomic mass is 79.9. The van der Waals surface area contributed by atoms with Gasteiger partial charge in [-0.2, -0.15) is 0 Å². The number of aliphatic hydroxyl groups excluding tert-OH is 1. The van der Waals surface area contributed by atoms with Gasteiger partial charge in [0.15, 0.2) is 5.69 Å². The van der Waals surface area contributed by atoms with E-state index in [1.807, 2.05) is 13.8 Å². The lowest BCUT2D eigenvalue weighted by atomic mass is 10.1. The molecule has 0 radical (unpaired) electrons. The van der Waals surface area contributed by atoms with Crippen LogP contribution >= 0.6 is 15.9 Å². The first-order valence-electron chi connectivity index (χ1n) is 7.60. The maximum absolute atomic E-state index is 13.5. The Morgan fingerprint density at radius 1 is 1.48 bits per heavy atom. The summed E-state index contributed by atoms with van der Waals surface area (Å²) in [6, 6.07) is 4.26. The number of aliphatic hydroxyl groups is 1. The smallest absolute Gasteiger partial charge is 0.218 e. The number of hydrogen-bond donors (Lipinski definition) is 2. The van der Waals surface area contributed by atoms with Crippen molar-refractivity contribution in [1.29, 1.82) is 0 Å². The number of amides is 1. The Morgan fingerprint density at radius 3 is 2.84 bits per heavy atom. The van der Waals surface area contributed by atoms with Crippen molar-refractivity contribution in [2.45, 2.75) is 20.3 Å². The molecule has 1 amide bonds. The highest BCUT2D eigenvalue weighted by Gasteiger charge is 2.24. The first-order valence-corrected chi connectivity index (χ1v) is 8.39. The van der Waals surface area contributed by atoms with Crippen LogP contribution in [0, 0.1) is 5.82 Å². The first-order chi connectivity index (χ1) is 12.0. The Labute approximate surface area is 152 Å². The summed E-state index contributed by atoms with van der Waals surface area (Å²) in [5.74, 6) is -0.120. The predicted molar refractivity (Wildman–Crippen MR) is 95.4 cm³/mol. The molecular formula is C16H18BrFN4O3. The minimum Gasteiger partial charge on any atom is -0.395 e. The number of nitrogens with zero attached hydrogens (tertiary/aromatic N) is 3. The molecule has 2 aromatic rings. The summed E-state index contributed by atoms with van der Waals surface area (Å²) >= 11 is 3.12. The summed E-state index contributed by atoms with van der Waals surface area (Å²) in [6.07, 6.45) is 1.27.